The van der Waals surface area contributed by atoms with Gasteiger partial charge >= 0.3 is 0 Å². The second-order valence-corrected chi connectivity index (χ2v) is 8.55. The Balaban J connectivity index is 1.33. The predicted octanol–water partition coefficient (Wildman–Crippen LogP) is 4.04. The molecular formula is C23H31FN2O. The smallest absolute Gasteiger partial charge is 0.227 e. The summed E-state index contributed by atoms with van der Waals surface area (Å²) in [6, 6.07) is 7.07. The van der Waals surface area contributed by atoms with Gasteiger partial charge in [0.25, 0.3) is 0 Å². The van der Waals surface area contributed by atoms with E-state index in [-0.39, 0.29) is 11.7 Å². The first kappa shape index (κ1) is 18.7. The highest BCUT2D eigenvalue weighted by atomic mass is 19.1. The number of nitrogens with zero attached hydrogens (tertiary/aromatic N) is 2. The molecule has 3 nitrogen and oxygen atoms in total. The van der Waals surface area contributed by atoms with Crippen molar-refractivity contribution in [2.45, 2.75) is 51.0 Å². The number of piperidine rings is 2. The van der Waals surface area contributed by atoms with Gasteiger partial charge < -0.3 is 4.90 Å². The molecule has 3 atom stereocenters. The molecule has 2 aliphatic heterocycles. The Labute approximate surface area is 162 Å². The number of hydrogen-bond acceptors (Lipinski definition) is 2. The first-order valence-electron chi connectivity index (χ1n) is 10.6. The van der Waals surface area contributed by atoms with E-state index in [0.717, 1.165) is 31.0 Å². The van der Waals surface area contributed by atoms with Crippen LogP contribution in [-0.2, 0) is 11.2 Å². The van der Waals surface area contributed by atoms with E-state index in [2.05, 4.69) is 17.1 Å². The molecule has 1 aromatic carbocycles. The predicted molar refractivity (Wildman–Crippen MR) is 106 cm³/mol. The van der Waals surface area contributed by atoms with Crippen molar-refractivity contribution in [1.82, 2.24) is 9.80 Å². The van der Waals surface area contributed by atoms with Crippen LogP contribution in [0.25, 0.3) is 0 Å². The topological polar surface area (TPSA) is 23.6 Å². The molecule has 146 valence electrons. The summed E-state index contributed by atoms with van der Waals surface area (Å²) in [5.41, 5.74) is 0.776. The van der Waals surface area contributed by atoms with E-state index in [9.17, 15) is 9.18 Å². The largest absolute Gasteiger partial charge is 0.342 e. The highest BCUT2D eigenvalue weighted by molar-refractivity contribution is 5.78. The Morgan fingerprint density at radius 3 is 2.89 bits per heavy atom. The average molecular weight is 371 g/mol. The Kier molecular flexibility index (Phi) is 5.92. The summed E-state index contributed by atoms with van der Waals surface area (Å²) in [7, 11) is 0. The van der Waals surface area contributed by atoms with Crippen molar-refractivity contribution >= 4 is 5.91 Å². The molecule has 2 fully saturated rings. The van der Waals surface area contributed by atoms with Crippen molar-refractivity contribution in [2.24, 2.45) is 11.8 Å². The lowest BCUT2D eigenvalue weighted by molar-refractivity contribution is -0.134. The highest BCUT2D eigenvalue weighted by Gasteiger charge is 2.37. The van der Waals surface area contributed by atoms with E-state index < -0.39 is 0 Å². The third-order valence-corrected chi connectivity index (χ3v) is 6.65. The maximum absolute atomic E-state index is 13.4. The van der Waals surface area contributed by atoms with Gasteiger partial charge in [0.15, 0.2) is 0 Å². The van der Waals surface area contributed by atoms with Crippen molar-refractivity contribution in [3.05, 3.63) is 47.8 Å². The van der Waals surface area contributed by atoms with Gasteiger partial charge in [-0.1, -0.05) is 24.3 Å². The van der Waals surface area contributed by atoms with E-state index in [1.54, 1.807) is 6.07 Å². The summed E-state index contributed by atoms with van der Waals surface area (Å²) in [5.74, 6) is 1.29. The van der Waals surface area contributed by atoms with Crippen molar-refractivity contribution in [3.8, 4) is 0 Å². The maximum atomic E-state index is 13.4. The van der Waals surface area contributed by atoms with Gasteiger partial charge in [-0.2, -0.15) is 0 Å². The molecule has 0 spiro atoms. The monoisotopic (exact) mass is 370 g/mol. The van der Waals surface area contributed by atoms with Gasteiger partial charge in [0.05, 0.1) is 6.42 Å². The van der Waals surface area contributed by atoms with Gasteiger partial charge in [-0.25, -0.2) is 4.39 Å². The number of likely N-dealkylation sites (tertiary alicyclic amines) is 2. The quantitative estimate of drug-likeness (QED) is 0.747. The molecule has 0 saturated carbocycles. The van der Waals surface area contributed by atoms with Crippen LogP contribution in [-0.4, -0.2) is 47.9 Å². The molecule has 0 aromatic heterocycles. The molecule has 0 radical (unpaired) electrons. The van der Waals surface area contributed by atoms with Crippen molar-refractivity contribution in [2.75, 3.05) is 26.2 Å². The van der Waals surface area contributed by atoms with E-state index in [1.165, 1.54) is 57.3 Å². The molecule has 1 unspecified atom stereocenters. The van der Waals surface area contributed by atoms with Crippen molar-refractivity contribution < 1.29 is 9.18 Å². The summed E-state index contributed by atoms with van der Waals surface area (Å²) in [4.78, 5) is 17.5. The fraction of sp³-hybridized carbons (Fsp3) is 0.609. The number of fused-ring (bicyclic) bond motifs is 1. The minimum atomic E-state index is -0.264. The molecule has 3 aliphatic rings. The first-order chi connectivity index (χ1) is 13.2. The maximum Gasteiger partial charge on any atom is 0.227 e. The van der Waals surface area contributed by atoms with Crippen molar-refractivity contribution in [1.29, 1.82) is 0 Å². The molecule has 4 rings (SSSR count). The van der Waals surface area contributed by atoms with Gasteiger partial charge in [0.1, 0.15) is 5.82 Å². The Hall–Kier alpha value is -1.68. The van der Waals surface area contributed by atoms with Crippen LogP contribution in [0.3, 0.4) is 0 Å². The number of rotatable bonds is 4. The molecule has 1 aromatic rings. The zero-order valence-electron chi connectivity index (χ0n) is 16.2. The van der Waals surface area contributed by atoms with Gasteiger partial charge in [-0.15, -0.1) is 0 Å². The molecule has 27 heavy (non-hydrogen) atoms. The zero-order chi connectivity index (χ0) is 18.6. The third-order valence-electron chi connectivity index (χ3n) is 6.65. The van der Waals surface area contributed by atoms with Gasteiger partial charge in [0.2, 0.25) is 5.91 Å². The summed E-state index contributed by atoms with van der Waals surface area (Å²) in [6.07, 6.45) is 12.3. The first-order valence-corrected chi connectivity index (χ1v) is 10.6. The summed E-state index contributed by atoms with van der Waals surface area (Å²) >= 11 is 0. The molecule has 1 aliphatic carbocycles. The van der Waals surface area contributed by atoms with Crippen LogP contribution in [0.15, 0.2) is 36.4 Å². The fourth-order valence-electron chi connectivity index (χ4n) is 5.25. The van der Waals surface area contributed by atoms with Gasteiger partial charge in [-0.05, 0) is 74.6 Å². The lowest BCUT2D eigenvalue weighted by atomic mass is 9.82. The van der Waals surface area contributed by atoms with Crippen LogP contribution >= 0.6 is 0 Å². The number of carbonyl (C=O) groups excluding carboxylic acids is 1. The fourth-order valence-corrected chi connectivity index (χ4v) is 5.25. The molecule has 0 bridgehead atoms. The van der Waals surface area contributed by atoms with Gasteiger partial charge in [-0.3, -0.25) is 9.69 Å². The summed E-state index contributed by atoms with van der Waals surface area (Å²) < 4.78 is 13.4. The van der Waals surface area contributed by atoms with E-state index in [1.807, 2.05) is 11.0 Å². The van der Waals surface area contributed by atoms with Crippen LogP contribution in [0.5, 0.6) is 0 Å². The minimum absolute atomic E-state index is 0.147. The number of benzene rings is 1. The third kappa shape index (κ3) is 4.60. The second-order valence-electron chi connectivity index (χ2n) is 8.55. The standard InChI is InChI=1S/C23H31FN2O/c24-21-10-4-8-19(14-21)15-23(27)26-13-11-22-20(17-26)9-5-12-25(22)16-18-6-2-1-3-7-18/h1-2,4,8,10,14,18,20,22H,3,5-7,9,11-13,15-17H2/t18?,20-,22+/m1/s1. The van der Waals surface area contributed by atoms with Crippen LogP contribution in [0.1, 0.15) is 44.1 Å². The number of hydrogen-bond donors (Lipinski definition) is 0. The lowest BCUT2D eigenvalue weighted by Crippen LogP contribution is -2.56. The Bertz CT molecular complexity index is 689. The molecule has 4 heteroatoms. The normalized spacial score (nSPS) is 28.8. The van der Waals surface area contributed by atoms with Crippen LogP contribution < -0.4 is 0 Å². The minimum Gasteiger partial charge on any atom is -0.342 e. The van der Waals surface area contributed by atoms with E-state index in [0.29, 0.717) is 18.4 Å². The molecule has 2 heterocycles. The summed E-state index contributed by atoms with van der Waals surface area (Å²) in [6.45, 7) is 4.16. The number of amides is 1. The van der Waals surface area contributed by atoms with E-state index >= 15 is 0 Å². The number of carbonyl (C=O) groups is 1. The summed E-state index contributed by atoms with van der Waals surface area (Å²) in [5, 5.41) is 0. The zero-order valence-corrected chi connectivity index (χ0v) is 16.2. The van der Waals surface area contributed by atoms with E-state index in [4.69, 9.17) is 0 Å². The Morgan fingerprint density at radius 1 is 1.15 bits per heavy atom. The highest BCUT2D eigenvalue weighted by Crippen LogP contribution is 2.32. The number of halogens is 1. The van der Waals surface area contributed by atoms with Crippen molar-refractivity contribution in [3.63, 3.8) is 0 Å². The molecule has 2 saturated heterocycles. The molecule has 0 N–H and O–H groups in total. The van der Waals surface area contributed by atoms with Crippen LogP contribution in [0.2, 0.25) is 0 Å². The number of allylic oxidation sites excluding steroid dienone is 2. The second kappa shape index (κ2) is 8.55. The van der Waals surface area contributed by atoms with Gasteiger partial charge in [0, 0.05) is 25.7 Å². The SMILES string of the molecule is O=C(Cc1cccc(F)c1)N1CC[C@H]2[C@H](CCCN2CC2CC=CCC2)C1. The average Bonchev–Trinajstić information content (AvgIpc) is 2.68. The van der Waals surface area contributed by atoms with Crippen LogP contribution in [0.4, 0.5) is 4.39 Å². The lowest BCUT2D eigenvalue weighted by Gasteiger charge is -2.48. The Morgan fingerprint density at radius 2 is 2.07 bits per heavy atom. The molecular weight excluding hydrogens is 339 g/mol. The van der Waals surface area contributed by atoms with Crippen LogP contribution in [0, 0.1) is 17.7 Å². The molecule has 1 amide bonds.